The van der Waals surface area contributed by atoms with Crippen molar-refractivity contribution in [2.75, 3.05) is 18.1 Å². The van der Waals surface area contributed by atoms with E-state index in [1.807, 2.05) is 23.9 Å². The monoisotopic (exact) mass is 248 g/mol. The molecule has 0 bridgehead atoms. The molecular formula is C12H16N4S. The first kappa shape index (κ1) is 12.1. The van der Waals surface area contributed by atoms with Gasteiger partial charge in [0.05, 0.1) is 0 Å². The average molecular weight is 248 g/mol. The van der Waals surface area contributed by atoms with E-state index in [2.05, 4.69) is 40.4 Å². The number of rotatable bonds is 4. The molecule has 0 saturated carbocycles. The predicted molar refractivity (Wildman–Crippen MR) is 73.4 cm³/mol. The molecule has 2 aromatic heterocycles. The molecule has 2 rings (SSSR count). The summed E-state index contributed by atoms with van der Waals surface area (Å²) < 4.78 is 0.193. The summed E-state index contributed by atoms with van der Waals surface area (Å²) in [6, 6.07) is 3.87. The average Bonchev–Trinajstić information content (AvgIpc) is 2.36. The minimum absolute atomic E-state index is 0.193. The van der Waals surface area contributed by atoms with Crippen molar-refractivity contribution in [1.82, 2.24) is 15.0 Å². The molecule has 0 spiro atoms. The third kappa shape index (κ3) is 3.06. The number of hydrogen-bond acceptors (Lipinski definition) is 5. The molecule has 0 fully saturated rings. The van der Waals surface area contributed by atoms with Gasteiger partial charge in [0.25, 0.3) is 0 Å². The molecule has 0 aromatic carbocycles. The Morgan fingerprint density at radius 2 is 2.00 bits per heavy atom. The quantitative estimate of drug-likeness (QED) is 0.901. The minimum atomic E-state index is 0.193. The Balaban J connectivity index is 2.14. The Labute approximate surface area is 105 Å². The molecule has 0 aliphatic heterocycles. The largest absolute Gasteiger partial charge is 0.369 e. The molecule has 0 radical (unpaired) electrons. The fourth-order valence-electron chi connectivity index (χ4n) is 1.33. The maximum Gasteiger partial charge on any atom is 0.180 e. The third-order valence-electron chi connectivity index (χ3n) is 2.58. The van der Waals surface area contributed by atoms with Crippen LogP contribution in [0, 0.1) is 0 Å². The van der Waals surface area contributed by atoms with Crippen LogP contribution in [-0.4, -0.2) is 32.5 Å². The van der Waals surface area contributed by atoms with Crippen molar-refractivity contribution in [2.24, 2.45) is 0 Å². The van der Waals surface area contributed by atoms with Gasteiger partial charge in [0.15, 0.2) is 5.65 Å². The lowest BCUT2D eigenvalue weighted by Gasteiger charge is -2.22. The topological polar surface area (TPSA) is 50.7 Å². The van der Waals surface area contributed by atoms with Crippen molar-refractivity contribution in [1.29, 1.82) is 0 Å². The SMILES string of the molecule is CSC(C)(C)CNc1ccc2nccnc2n1. The zero-order valence-corrected chi connectivity index (χ0v) is 11.1. The van der Waals surface area contributed by atoms with Crippen LogP contribution in [0.25, 0.3) is 11.2 Å². The Morgan fingerprint density at radius 1 is 1.24 bits per heavy atom. The van der Waals surface area contributed by atoms with E-state index in [0.29, 0.717) is 5.65 Å². The first-order chi connectivity index (χ1) is 8.11. The molecular weight excluding hydrogens is 232 g/mol. The van der Waals surface area contributed by atoms with Crippen LogP contribution in [0.3, 0.4) is 0 Å². The Morgan fingerprint density at radius 3 is 2.76 bits per heavy atom. The molecule has 0 atom stereocenters. The highest BCUT2D eigenvalue weighted by Crippen LogP contribution is 2.21. The molecule has 90 valence electrons. The van der Waals surface area contributed by atoms with Crippen LogP contribution in [0.2, 0.25) is 0 Å². The van der Waals surface area contributed by atoms with Crippen molar-refractivity contribution in [3.8, 4) is 0 Å². The van der Waals surface area contributed by atoms with E-state index >= 15 is 0 Å². The van der Waals surface area contributed by atoms with Crippen LogP contribution in [0.5, 0.6) is 0 Å². The minimum Gasteiger partial charge on any atom is -0.369 e. The number of thioether (sulfide) groups is 1. The number of aromatic nitrogens is 3. The smallest absolute Gasteiger partial charge is 0.180 e. The number of nitrogens with zero attached hydrogens (tertiary/aromatic N) is 3. The van der Waals surface area contributed by atoms with Crippen molar-refractivity contribution < 1.29 is 0 Å². The molecule has 0 amide bonds. The lowest BCUT2D eigenvalue weighted by molar-refractivity contribution is 0.750. The molecule has 4 nitrogen and oxygen atoms in total. The second-order valence-electron chi connectivity index (χ2n) is 4.41. The van der Waals surface area contributed by atoms with E-state index in [4.69, 9.17) is 0 Å². The molecule has 17 heavy (non-hydrogen) atoms. The molecule has 2 heterocycles. The number of pyridine rings is 1. The van der Waals surface area contributed by atoms with Crippen molar-refractivity contribution in [2.45, 2.75) is 18.6 Å². The zero-order chi connectivity index (χ0) is 12.3. The summed E-state index contributed by atoms with van der Waals surface area (Å²) in [6.07, 6.45) is 5.44. The highest BCUT2D eigenvalue weighted by atomic mass is 32.2. The standard InChI is InChI=1S/C12H16N4S/c1-12(2,17-3)8-15-10-5-4-9-11(16-10)14-7-6-13-9/h4-7H,8H2,1-3H3,(H,14,15,16). The lowest BCUT2D eigenvalue weighted by atomic mass is 10.2. The Kier molecular flexibility index (Phi) is 3.47. The molecule has 0 aliphatic carbocycles. The molecule has 1 N–H and O–H groups in total. The van der Waals surface area contributed by atoms with Gasteiger partial charge in [-0.05, 0) is 32.2 Å². The molecule has 0 saturated heterocycles. The van der Waals surface area contributed by atoms with Gasteiger partial charge < -0.3 is 5.32 Å². The summed E-state index contributed by atoms with van der Waals surface area (Å²) in [5.74, 6) is 0.847. The lowest BCUT2D eigenvalue weighted by Crippen LogP contribution is -2.26. The summed E-state index contributed by atoms with van der Waals surface area (Å²) >= 11 is 1.83. The van der Waals surface area contributed by atoms with Crippen molar-refractivity contribution >= 4 is 28.7 Å². The summed E-state index contributed by atoms with van der Waals surface area (Å²) in [7, 11) is 0. The van der Waals surface area contributed by atoms with Gasteiger partial charge in [-0.2, -0.15) is 11.8 Å². The second kappa shape index (κ2) is 4.87. The fourth-order valence-corrected chi connectivity index (χ4v) is 1.54. The van der Waals surface area contributed by atoms with Crippen LogP contribution >= 0.6 is 11.8 Å². The Hall–Kier alpha value is -1.36. The van der Waals surface area contributed by atoms with Gasteiger partial charge in [0.1, 0.15) is 11.3 Å². The van der Waals surface area contributed by atoms with Crippen LogP contribution in [0.4, 0.5) is 5.82 Å². The fraction of sp³-hybridized carbons (Fsp3) is 0.417. The van der Waals surface area contributed by atoms with Gasteiger partial charge >= 0.3 is 0 Å². The number of nitrogens with one attached hydrogen (secondary N) is 1. The predicted octanol–water partition coefficient (Wildman–Crippen LogP) is 2.58. The molecule has 2 aromatic rings. The second-order valence-corrected chi connectivity index (χ2v) is 5.93. The van der Waals surface area contributed by atoms with Gasteiger partial charge in [-0.3, -0.25) is 4.98 Å². The van der Waals surface area contributed by atoms with Crippen LogP contribution in [0.1, 0.15) is 13.8 Å². The van der Waals surface area contributed by atoms with Crippen LogP contribution in [-0.2, 0) is 0 Å². The summed E-state index contributed by atoms with van der Waals surface area (Å²) in [4.78, 5) is 12.8. The van der Waals surface area contributed by atoms with E-state index in [9.17, 15) is 0 Å². The highest BCUT2D eigenvalue weighted by Gasteiger charge is 2.15. The molecule has 0 aliphatic rings. The Bertz CT molecular complexity index is 513. The normalized spacial score (nSPS) is 11.7. The molecule has 5 heteroatoms. The first-order valence-corrected chi connectivity index (χ1v) is 6.70. The van der Waals surface area contributed by atoms with Crippen molar-refractivity contribution in [3.05, 3.63) is 24.5 Å². The van der Waals surface area contributed by atoms with Crippen LogP contribution < -0.4 is 5.32 Å². The number of anilines is 1. The number of fused-ring (bicyclic) bond motifs is 1. The third-order valence-corrected chi connectivity index (χ3v) is 3.83. The van der Waals surface area contributed by atoms with Gasteiger partial charge in [0.2, 0.25) is 0 Å². The van der Waals surface area contributed by atoms with E-state index in [1.165, 1.54) is 0 Å². The molecule has 0 unspecified atom stereocenters. The van der Waals surface area contributed by atoms with Gasteiger partial charge in [0, 0.05) is 23.7 Å². The van der Waals surface area contributed by atoms with Gasteiger partial charge in [-0.1, -0.05) is 0 Å². The zero-order valence-electron chi connectivity index (χ0n) is 10.3. The highest BCUT2D eigenvalue weighted by molar-refractivity contribution is 7.99. The van der Waals surface area contributed by atoms with Crippen molar-refractivity contribution in [3.63, 3.8) is 0 Å². The van der Waals surface area contributed by atoms with E-state index < -0.39 is 0 Å². The van der Waals surface area contributed by atoms with Gasteiger partial charge in [-0.25, -0.2) is 9.97 Å². The summed E-state index contributed by atoms with van der Waals surface area (Å²) in [5, 5.41) is 3.33. The maximum absolute atomic E-state index is 4.42. The summed E-state index contributed by atoms with van der Waals surface area (Å²) in [6.45, 7) is 5.27. The van der Waals surface area contributed by atoms with Gasteiger partial charge in [-0.15, -0.1) is 0 Å². The summed E-state index contributed by atoms with van der Waals surface area (Å²) in [5.41, 5.74) is 1.50. The van der Waals surface area contributed by atoms with E-state index in [1.54, 1.807) is 12.4 Å². The number of hydrogen-bond donors (Lipinski definition) is 1. The van der Waals surface area contributed by atoms with Crippen LogP contribution in [0.15, 0.2) is 24.5 Å². The maximum atomic E-state index is 4.42. The van der Waals surface area contributed by atoms with E-state index in [0.717, 1.165) is 17.9 Å². The van der Waals surface area contributed by atoms with E-state index in [-0.39, 0.29) is 4.75 Å². The first-order valence-electron chi connectivity index (χ1n) is 5.47.